The largest absolute Gasteiger partial charge is 0.467 e. The number of ether oxygens (including phenoxy) is 2. The Morgan fingerprint density at radius 1 is 1.21 bits per heavy atom. The van der Waals surface area contributed by atoms with Crippen LogP contribution in [-0.4, -0.2) is 29.9 Å². The Kier molecular flexibility index (Phi) is 5.50. The Labute approximate surface area is 136 Å². The van der Waals surface area contributed by atoms with Gasteiger partial charge >= 0.3 is 6.18 Å². The minimum atomic E-state index is -4.50. The Hall–Kier alpha value is -2.48. The Bertz CT molecular complexity index is 716. The number of hydrogen-bond acceptors (Lipinski definition) is 5. The van der Waals surface area contributed by atoms with Gasteiger partial charge in [0.1, 0.15) is 11.4 Å². The zero-order valence-corrected chi connectivity index (χ0v) is 13.1. The lowest BCUT2D eigenvalue weighted by atomic mass is 10.0. The molecule has 0 N–H and O–H groups in total. The number of nitrogens with zero attached hydrogens (tertiary/aromatic N) is 2. The van der Waals surface area contributed by atoms with Crippen molar-refractivity contribution in [2.45, 2.75) is 20.0 Å². The number of rotatable bonds is 6. The molecule has 0 bridgehead atoms. The van der Waals surface area contributed by atoms with Crippen LogP contribution in [0, 0.1) is 6.92 Å². The minimum absolute atomic E-state index is 0.0103. The zero-order valence-electron chi connectivity index (χ0n) is 13.1. The normalized spacial score (nSPS) is 11.4. The first-order valence-corrected chi connectivity index (χ1v) is 7.08. The molecule has 0 radical (unpaired) electrons. The van der Waals surface area contributed by atoms with Crippen LogP contribution in [0.25, 0.3) is 11.3 Å². The van der Waals surface area contributed by atoms with Crippen LogP contribution < -0.4 is 4.74 Å². The second kappa shape index (κ2) is 7.39. The van der Waals surface area contributed by atoms with E-state index in [2.05, 4.69) is 10.2 Å². The molecule has 5 nitrogen and oxygen atoms in total. The highest BCUT2D eigenvalue weighted by Gasteiger charge is 2.32. The van der Waals surface area contributed by atoms with Crippen molar-refractivity contribution in [1.82, 2.24) is 10.2 Å². The number of halogens is 3. The Morgan fingerprint density at radius 3 is 2.50 bits per heavy atom. The topological polar surface area (TPSA) is 61.3 Å². The predicted molar refractivity (Wildman–Crippen MR) is 79.7 cm³/mol. The van der Waals surface area contributed by atoms with Gasteiger partial charge in [0.25, 0.3) is 0 Å². The monoisotopic (exact) mass is 340 g/mol. The van der Waals surface area contributed by atoms with Crippen molar-refractivity contribution in [2.24, 2.45) is 0 Å². The van der Waals surface area contributed by atoms with E-state index in [-0.39, 0.29) is 18.2 Å². The van der Waals surface area contributed by atoms with E-state index in [0.29, 0.717) is 29.7 Å². The highest BCUT2D eigenvalue weighted by molar-refractivity contribution is 5.75. The lowest BCUT2D eigenvalue weighted by Crippen LogP contribution is -2.09. The third kappa shape index (κ3) is 4.08. The molecule has 0 spiro atoms. The van der Waals surface area contributed by atoms with Crippen molar-refractivity contribution in [1.29, 1.82) is 0 Å². The van der Waals surface area contributed by atoms with Crippen molar-refractivity contribution < 1.29 is 27.4 Å². The van der Waals surface area contributed by atoms with Crippen LogP contribution in [0.15, 0.2) is 24.3 Å². The maximum atomic E-state index is 13.0. The molecule has 1 aromatic heterocycles. The van der Waals surface area contributed by atoms with Crippen molar-refractivity contribution in [3.63, 3.8) is 0 Å². The smallest absolute Gasteiger partial charge is 0.416 e. The van der Waals surface area contributed by atoms with E-state index >= 15 is 0 Å². The summed E-state index contributed by atoms with van der Waals surface area (Å²) in [6.07, 6.45) is -3.97. The zero-order chi connectivity index (χ0) is 17.7. The van der Waals surface area contributed by atoms with E-state index in [1.807, 2.05) is 0 Å². The number of aldehydes is 1. The van der Waals surface area contributed by atoms with Crippen LogP contribution in [0.5, 0.6) is 5.75 Å². The van der Waals surface area contributed by atoms with Crippen molar-refractivity contribution in [3.05, 3.63) is 41.1 Å². The van der Waals surface area contributed by atoms with Crippen LogP contribution in [0.4, 0.5) is 13.2 Å². The number of aryl methyl sites for hydroxylation is 1. The number of carbonyl (C=O) groups is 1. The van der Waals surface area contributed by atoms with Crippen molar-refractivity contribution in [2.75, 3.05) is 13.4 Å². The van der Waals surface area contributed by atoms with Gasteiger partial charge in [0, 0.05) is 12.2 Å². The second-order valence-electron chi connectivity index (χ2n) is 4.88. The van der Waals surface area contributed by atoms with Crippen LogP contribution >= 0.6 is 0 Å². The summed E-state index contributed by atoms with van der Waals surface area (Å²) in [5.41, 5.74) is 0.295. The second-order valence-corrected chi connectivity index (χ2v) is 4.88. The van der Waals surface area contributed by atoms with Gasteiger partial charge in [0.05, 0.1) is 11.3 Å². The van der Waals surface area contributed by atoms with Crippen molar-refractivity contribution >= 4 is 6.29 Å². The van der Waals surface area contributed by atoms with Crippen LogP contribution in [0.1, 0.15) is 28.5 Å². The van der Waals surface area contributed by atoms with Gasteiger partial charge in [-0.25, -0.2) is 0 Å². The Balaban J connectivity index is 2.52. The fraction of sp³-hybridized carbons (Fsp3) is 0.312. The van der Waals surface area contributed by atoms with Gasteiger partial charge in [-0.1, -0.05) is 0 Å². The number of alkyl halides is 3. The first-order valence-electron chi connectivity index (χ1n) is 7.08. The van der Waals surface area contributed by atoms with Gasteiger partial charge in [-0.2, -0.15) is 13.2 Å². The maximum absolute atomic E-state index is 13.0. The van der Waals surface area contributed by atoms with E-state index in [9.17, 15) is 18.0 Å². The average Bonchev–Trinajstić information content (AvgIpc) is 2.54. The third-order valence-electron chi connectivity index (χ3n) is 3.19. The van der Waals surface area contributed by atoms with E-state index in [0.717, 1.165) is 12.1 Å². The molecule has 1 aromatic carbocycles. The fourth-order valence-electron chi connectivity index (χ4n) is 2.09. The SMILES string of the molecule is CCOCOc1cc(C(F)(F)F)cc(C)c1-c1ccc(C=O)nn1. The maximum Gasteiger partial charge on any atom is 0.416 e. The lowest BCUT2D eigenvalue weighted by Gasteiger charge is -2.16. The number of benzene rings is 1. The van der Waals surface area contributed by atoms with E-state index in [1.54, 1.807) is 6.92 Å². The fourth-order valence-corrected chi connectivity index (χ4v) is 2.09. The van der Waals surface area contributed by atoms with Crippen LogP contribution in [0.3, 0.4) is 0 Å². The van der Waals surface area contributed by atoms with Crippen LogP contribution in [0.2, 0.25) is 0 Å². The summed E-state index contributed by atoms with van der Waals surface area (Å²) in [7, 11) is 0. The molecule has 0 amide bonds. The Morgan fingerprint density at radius 2 is 1.96 bits per heavy atom. The summed E-state index contributed by atoms with van der Waals surface area (Å²) < 4.78 is 49.4. The summed E-state index contributed by atoms with van der Waals surface area (Å²) in [5, 5.41) is 7.57. The molecule has 0 atom stereocenters. The molecule has 0 aliphatic rings. The number of aromatic nitrogens is 2. The first kappa shape index (κ1) is 17.9. The standard InChI is InChI=1S/C16H15F3N2O3/c1-3-23-9-24-14-7-11(16(17,18)19)6-10(2)15(14)13-5-4-12(8-22)20-21-13/h4-8H,3,9H2,1-2H3. The van der Waals surface area contributed by atoms with Gasteiger partial charge in [-0.05, 0) is 43.7 Å². The van der Waals surface area contributed by atoms with Gasteiger partial charge in [0.15, 0.2) is 13.1 Å². The molecule has 8 heteroatoms. The lowest BCUT2D eigenvalue weighted by molar-refractivity contribution is -0.137. The summed E-state index contributed by atoms with van der Waals surface area (Å²) >= 11 is 0. The summed E-state index contributed by atoms with van der Waals surface area (Å²) in [6.45, 7) is 3.43. The van der Waals surface area contributed by atoms with Gasteiger partial charge in [0.2, 0.25) is 0 Å². The number of carbonyl (C=O) groups excluding carboxylic acids is 1. The molecule has 0 unspecified atom stereocenters. The predicted octanol–water partition coefficient (Wildman–Crippen LogP) is 3.66. The molecule has 128 valence electrons. The minimum Gasteiger partial charge on any atom is -0.467 e. The molecular weight excluding hydrogens is 325 g/mol. The van der Waals surface area contributed by atoms with Gasteiger partial charge < -0.3 is 9.47 Å². The molecule has 0 aliphatic heterocycles. The molecule has 0 saturated carbocycles. The highest BCUT2D eigenvalue weighted by atomic mass is 19.4. The van der Waals surface area contributed by atoms with E-state index in [4.69, 9.17) is 9.47 Å². The van der Waals surface area contributed by atoms with E-state index in [1.165, 1.54) is 19.1 Å². The van der Waals surface area contributed by atoms with Crippen LogP contribution in [-0.2, 0) is 10.9 Å². The van der Waals surface area contributed by atoms with E-state index < -0.39 is 11.7 Å². The first-order chi connectivity index (χ1) is 11.4. The van der Waals surface area contributed by atoms with Gasteiger partial charge in [-0.3, -0.25) is 4.79 Å². The molecule has 0 aliphatic carbocycles. The molecule has 24 heavy (non-hydrogen) atoms. The quantitative estimate of drug-likeness (QED) is 0.456. The summed E-state index contributed by atoms with van der Waals surface area (Å²) in [4.78, 5) is 10.6. The average molecular weight is 340 g/mol. The number of hydrogen-bond donors (Lipinski definition) is 0. The molecular formula is C16H15F3N2O3. The van der Waals surface area contributed by atoms with Gasteiger partial charge in [-0.15, -0.1) is 10.2 Å². The molecule has 0 saturated heterocycles. The molecule has 0 fully saturated rings. The molecule has 2 rings (SSSR count). The summed E-state index contributed by atoms with van der Waals surface area (Å²) in [6, 6.07) is 4.84. The molecule has 2 aromatic rings. The highest BCUT2D eigenvalue weighted by Crippen LogP contribution is 2.39. The molecule has 1 heterocycles. The summed E-state index contributed by atoms with van der Waals surface area (Å²) in [5.74, 6) is -0.0103. The van der Waals surface area contributed by atoms with Crippen molar-refractivity contribution in [3.8, 4) is 17.0 Å². The third-order valence-corrected chi connectivity index (χ3v) is 3.19.